The smallest absolute Gasteiger partial charge is 0.138 e. The molecule has 0 radical (unpaired) electrons. The average molecular weight is 286 g/mol. The van der Waals surface area contributed by atoms with Crippen LogP contribution in [0.5, 0.6) is 5.75 Å². The van der Waals surface area contributed by atoms with E-state index >= 15 is 0 Å². The maximum Gasteiger partial charge on any atom is 0.138 e. The highest BCUT2D eigenvalue weighted by Crippen LogP contribution is 2.28. The van der Waals surface area contributed by atoms with Crippen molar-refractivity contribution in [2.24, 2.45) is 0 Å². The third-order valence-corrected chi connectivity index (χ3v) is 3.09. The lowest BCUT2D eigenvalue weighted by Crippen LogP contribution is -2.06. The number of hydrogen-bond donors (Lipinski definition) is 1. The zero-order valence-electron chi connectivity index (χ0n) is 12.9. The summed E-state index contributed by atoms with van der Waals surface area (Å²) in [5.41, 5.74) is 3.03. The van der Waals surface area contributed by atoms with Gasteiger partial charge in [-0.1, -0.05) is 13.3 Å². The third-order valence-electron chi connectivity index (χ3n) is 3.09. The number of hydrogen-bond acceptors (Lipinski definition) is 5. The van der Waals surface area contributed by atoms with Crippen molar-refractivity contribution in [1.82, 2.24) is 15.0 Å². The van der Waals surface area contributed by atoms with E-state index in [1.165, 1.54) is 0 Å². The minimum Gasteiger partial charge on any atom is -0.492 e. The summed E-state index contributed by atoms with van der Waals surface area (Å²) in [6.07, 6.45) is 7.10. The molecule has 5 nitrogen and oxygen atoms in total. The van der Waals surface area contributed by atoms with Gasteiger partial charge in [0.25, 0.3) is 0 Å². The van der Waals surface area contributed by atoms with Gasteiger partial charge >= 0.3 is 0 Å². The van der Waals surface area contributed by atoms with Crippen LogP contribution in [0.3, 0.4) is 0 Å². The number of anilines is 1. The van der Waals surface area contributed by atoms with E-state index in [0.29, 0.717) is 6.61 Å². The molecule has 2 heterocycles. The molecule has 0 aliphatic rings. The zero-order valence-corrected chi connectivity index (χ0v) is 12.9. The number of ether oxygens (including phenoxy) is 1. The quantitative estimate of drug-likeness (QED) is 0.846. The predicted molar refractivity (Wildman–Crippen MR) is 84.6 cm³/mol. The normalized spacial score (nSPS) is 10.4. The fraction of sp³-hybridized carbons (Fsp3) is 0.438. The minimum absolute atomic E-state index is 0.624. The highest BCUT2D eigenvalue weighted by Gasteiger charge is 2.13. The van der Waals surface area contributed by atoms with Gasteiger partial charge in [0.05, 0.1) is 18.5 Å². The summed E-state index contributed by atoms with van der Waals surface area (Å²) in [5, 5.41) is 3.31. The van der Waals surface area contributed by atoms with Crippen molar-refractivity contribution >= 4 is 5.82 Å². The highest BCUT2D eigenvalue weighted by molar-refractivity contribution is 5.68. The Hall–Kier alpha value is -2.17. The lowest BCUT2D eigenvalue weighted by molar-refractivity contribution is 0.339. The summed E-state index contributed by atoms with van der Waals surface area (Å²) in [7, 11) is 0. The molecule has 5 heteroatoms. The Morgan fingerprint density at radius 3 is 2.71 bits per heavy atom. The van der Waals surface area contributed by atoms with Crippen LogP contribution >= 0.6 is 0 Å². The van der Waals surface area contributed by atoms with Gasteiger partial charge in [0, 0.05) is 23.9 Å². The van der Waals surface area contributed by atoms with Gasteiger partial charge in [-0.25, -0.2) is 9.97 Å². The molecule has 0 spiro atoms. The second kappa shape index (κ2) is 7.57. The first-order valence-corrected chi connectivity index (χ1v) is 7.46. The van der Waals surface area contributed by atoms with E-state index in [4.69, 9.17) is 4.74 Å². The van der Waals surface area contributed by atoms with Crippen molar-refractivity contribution in [2.75, 3.05) is 18.5 Å². The van der Waals surface area contributed by atoms with Crippen LogP contribution in [-0.4, -0.2) is 28.1 Å². The molecule has 0 saturated heterocycles. The maximum atomic E-state index is 5.52. The Balaban J connectivity index is 2.46. The van der Waals surface area contributed by atoms with E-state index in [1.54, 1.807) is 12.5 Å². The van der Waals surface area contributed by atoms with Crippen LogP contribution in [0, 0.1) is 0 Å². The molecule has 0 bridgehead atoms. The van der Waals surface area contributed by atoms with E-state index in [1.807, 2.05) is 19.2 Å². The molecule has 0 saturated carbocycles. The number of aromatic nitrogens is 3. The van der Waals surface area contributed by atoms with E-state index in [-0.39, 0.29) is 0 Å². The second-order valence-electron chi connectivity index (χ2n) is 4.67. The Kier molecular flexibility index (Phi) is 5.49. The van der Waals surface area contributed by atoms with Gasteiger partial charge in [0.2, 0.25) is 0 Å². The molecule has 0 aliphatic heterocycles. The predicted octanol–water partition coefficient (Wildman–Crippen LogP) is 3.32. The fourth-order valence-electron chi connectivity index (χ4n) is 2.26. The second-order valence-corrected chi connectivity index (χ2v) is 4.67. The van der Waals surface area contributed by atoms with Crippen molar-refractivity contribution in [3.05, 3.63) is 30.4 Å². The number of pyridine rings is 1. The summed E-state index contributed by atoms with van der Waals surface area (Å²) in [5.74, 6) is 1.67. The highest BCUT2D eigenvalue weighted by atomic mass is 16.5. The van der Waals surface area contributed by atoms with Gasteiger partial charge in [0.1, 0.15) is 17.9 Å². The molecule has 0 aliphatic carbocycles. The van der Waals surface area contributed by atoms with E-state index in [2.05, 4.69) is 34.1 Å². The van der Waals surface area contributed by atoms with Crippen molar-refractivity contribution in [3.8, 4) is 17.0 Å². The first-order valence-electron chi connectivity index (χ1n) is 7.46. The number of nitrogens with zero attached hydrogens (tertiary/aromatic N) is 3. The summed E-state index contributed by atoms with van der Waals surface area (Å²) in [6.45, 7) is 7.64. The lowest BCUT2D eigenvalue weighted by atomic mass is 10.0. The topological polar surface area (TPSA) is 59.9 Å². The van der Waals surface area contributed by atoms with Crippen molar-refractivity contribution < 1.29 is 4.74 Å². The molecule has 0 atom stereocenters. The van der Waals surface area contributed by atoms with Crippen LogP contribution in [0.4, 0.5) is 5.82 Å². The monoisotopic (exact) mass is 286 g/mol. The van der Waals surface area contributed by atoms with Gasteiger partial charge < -0.3 is 10.1 Å². The summed E-state index contributed by atoms with van der Waals surface area (Å²) >= 11 is 0. The first kappa shape index (κ1) is 15.2. The molecule has 0 aromatic carbocycles. The van der Waals surface area contributed by atoms with Gasteiger partial charge in [-0.15, -0.1) is 0 Å². The molecule has 21 heavy (non-hydrogen) atoms. The van der Waals surface area contributed by atoms with Crippen LogP contribution in [-0.2, 0) is 6.42 Å². The molecule has 1 N–H and O–H groups in total. The van der Waals surface area contributed by atoms with E-state index in [0.717, 1.165) is 47.8 Å². The third kappa shape index (κ3) is 3.68. The Morgan fingerprint density at radius 1 is 1.14 bits per heavy atom. The molecule has 0 amide bonds. The fourth-order valence-corrected chi connectivity index (χ4v) is 2.26. The zero-order chi connectivity index (χ0) is 15.1. The summed E-state index contributed by atoms with van der Waals surface area (Å²) < 4.78 is 5.52. The number of nitrogens with one attached hydrogen (secondary N) is 1. The van der Waals surface area contributed by atoms with E-state index in [9.17, 15) is 0 Å². The lowest BCUT2D eigenvalue weighted by Gasteiger charge is -2.13. The van der Waals surface area contributed by atoms with Gasteiger partial charge in [-0.05, 0) is 26.3 Å². The van der Waals surface area contributed by atoms with E-state index < -0.39 is 0 Å². The van der Waals surface area contributed by atoms with Crippen LogP contribution in [0.1, 0.15) is 32.8 Å². The largest absolute Gasteiger partial charge is 0.492 e. The Labute approximate surface area is 125 Å². The SMILES string of the molecule is CCCc1c(NCC)ncnc1-c1cncc(OCC)c1. The maximum absolute atomic E-state index is 5.52. The van der Waals surface area contributed by atoms with Crippen LogP contribution in [0.15, 0.2) is 24.8 Å². The standard InChI is InChI=1S/C16H22N4O/c1-4-7-14-15(19-11-20-16(14)18-5-2)12-8-13(21-6-3)10-17-9-12/h8-11H,4-7H2,1-3H3,(H,18,19,20). The van der Waals surface area contributed by atoms with Gasteiger partial charge in [-0.2, -0.15) is 0 Å². The molecule has 2 aromatic heterocycles. The molecule has 2 aromatic rings. The molecule has 0 fully saturated rings. The van der Waals surface area contributed by atoms with Gasteiger partial charge in [0.15, 0.2) is 0 Å². The molecule has 0 unspecified atom stereocenters. The molecule has 112 valence electrons. The molecular weight excluding hydrogens is 264 g/mol. The molecular formula is C16H22N4O. The van der Waals surface area contributed by atoms with Crippen LogP contribution in [0.25, 0.3) is 11.3 Å². The van der Waals surface area contributed by atoms with Gasteiger partial charge in [-0.3, -0.25) is 4.98 Å². The summed E-state index contributed by atoms with van der Waals surface area (Å²) in [6, 6.07) is 1.98. The average Bonchev–Trinajstić information content (AvgIpc) is 2.50. The van der Waals surface area contributed by atoms with Crippen molar-refractivity contribution in [1.29, 1.82) is 0 Å². The van der Waals surface area contributed by atoms with Crippen LogP contribution in [0.2, 0.25) is 0 Å². The van der Waals surface area contributed by atoms with Crippen molar-refractivity contribution in [3.63, 3.8) is 0 Å². The molecule has 2 rings (SSSR count). The Morgan fingerprint density at radius 2 is 2.00 bits per heavy atom. The minimum atomic E-state index is 0.624. The van der Waals surface area contributed by atoms with Crippen molar-refractivity contribution in [2.45, 2.75) is 33.6 Å². The first-order chi connectivity index (χ1) is 10.3. The number of rotatable bonds is 7. The Bertz CT molecular complexity index is 586. The van der Waals surface area contributed by atoms with Crippen LogP contribution < -0.4 is 10.1 Å². The summed E-state index contributed by atoms with van der Waals surface area (Å²) in [4.78, 5) is 13.1.